The molecule has 0 spiro atoms. The van der Waals surface area contributed by atoms with Gasteiger partial charge in [0.1, 0.15) is 10.4 Å². The fourth-order valence-corrected chi connectivity index (χ4v) is 2.03. The van der Waals surface area contributed by atoms with Crippen molar-refractivity contribution in [3.05, 3.63) is 34.3 Å². The van der Waals surface area contributed by atoms with Crippen molar-refractivity contribution in [3.8, 4) is 0 Å². The van der Waals surface area contributed by atoms with E-state index in [1.54, 1.807) is 0 Å². The van der Waals surface area contributed by atoms with Crippen LogP contribution in [0.25, 0.3) is 5.71 Å². The molecular weight excluding hydrogens is 218 g/mol. The van der Waals surface area contributed by atoms with Gasteiger partial charge in [-0.3, -0.25) is 4.40 Å². The highest BCUT2D eigenvalue weighted by Crippen LogP contribution is 2.25. The van der Waals surface area contributed by atoms with Crippen molar-refractivity contribution < 1.29 is 4.42 Å². The van der Waals surface area contributed by atoms with Gasteiger partial charge < -0.3 is 4.42 Å². The van der Waals surface area contributed by atoms with E-state index < -0.39 is 0 Å². The monoisotopic (exact) mass is 235 g/mol. The molecule has 2 rings (SSSR count). The first-order valence-corrected chi connectivity index (χ1v) is 6.06. The Bertz CT molecular complexity index is 563. The van der Waals surface area contributed by atoms with Gasteiger partial charge in [-0.1, -0.05) is 39.9 Å². The average molecular weight is 235 g/mol. The summed E-state index contributed by atoms with van der Waals surface area (Å²) in [7, 11) is 0. The first kappa shape index (κ1) is 11.4. The predicted octanol–water partition coefficient (Wildman–Crippen LogP) is 4.51. The summed E-state index contributed by atoms with van der Waals surface area (Å²) in [5, 5.41) is 0. The Hall–Kier alpha value is -1.09. The van der Waals surface area contributed by atoms with Crippen molar-refractivity contribution >= 4 is 17.9 Å². The molecule has 2 aromatic rings. The highest BCUT2D eigenvalue weighted by atomic mass is 32.1. The highest BCUT2D eigenvalue weighted by Gasteiger charge is 2.12. The van der Waals surface area contributed by atoms with Crippen molar-refractivity contribution in [3.63, 3.8) is 0 Å². The molecule has 0 aliphatic heterocycles. The van der Waals surface area contributed by atoms with Crippen LogP contribution in [0.5, 0.6) is 0 Å². The third-order valence-corrected chi connectivity index (χ3v) is 3.09. The predicted molar refractivity (Wildman–Crippen MR) is 68.7 cm³/mol. The van der Waals surface area contributed by atoms with Crippen LogP contribution in [-0.2, 0) is 0 Å². The van der Waals surface area contributed by atoms with E-state index in [-0.39, 0.29) is 0 Å². The Kier molecular flexibility index (Phi) is 2.89. The van der Waals surface area contributed by atoms with E-state index in [1.807, 2.05) is 16.7 Å². The number of nitrogens with zero attached hydrogens (tertiary/aromatic N) is 1. The van der Waals surface area contributed by atoms with Crippen LogP contribution in [0.1, 0.15) is 50.9 Å². The molecule has 86 valence electrons. The number of fused-ring (bicyclic) bond motifs is 1. The first-order chi connectivity index (χ1) is 7.50. The second-order valence-electron chi connectivity index (χ2n) is 4.74. The molecule has 0 atom stereocenters. The van der Waals surface area contributed by atoms with Gasteiger partial charge in [-0.15, -0.1) is 0 Å². The fraction of sp³-hybridized carbons (Fsp3) is 0.462. The van der Waals surface area contributed by atoms with Gasteiger partial charge in [-0.2, -0.15) is 0 Å². The van der Waals surface area contributed by atoms with Gasteiger partial charge >= 0.3 is 0 Å². The summed E-state index contributed by atoms with van der Waals surface area (Å²) in [6, 6.07) is 4.03. The number of aromatic nitrogens is 1. The zero-order valence-electron chi connectivity index (χ0n) is 10.2. The molecule has 0 fully saturated rings. The Morgan fingerprint density at radius 2 is 1.88 bits per heavy atom. The number of rotatable bonds is 2. The molecule has 0 radical (unpaired) electrons. The Balaban J connectivity index is 2.76. The second-order valence-corrected chi connectivity index (χ2v) is 5.16. The van der Waals surface area contributed by atoms with E-state index in [9.17, 15) is 0 Å². The lowest BCUT2D eigenvalue weighted by Gasteiger charge is -2.08. The lowest BCUT2D eigenvalue weighted by Crippen LogP contribution is -1.94. The summed E-state index contributed by atoms with van der Waals surface area (Å²) >= 11 is 5.36. The molecule has 0 aliphatic rings. The van der Waals surface area contributed by atoms with Crippen molar-refractivity contribution in [2.24, 2.45) is 0 Å². The van der Waals surface area contributed by atoms with Crippen molar-refractivity contribution in [2.75, 3.05) is 0 Å². The fourth-order valence-electron chi connectivity index (χ4n) is 1.77. The second kappa shape index (κ2) is 4.06. The summed E-state index contributed by atoms with van der Waals surface area (Å²) < 4.78 is 8.69. The zero-order chi connectivity index (χ0) is 11.9. The average Bonchev–Trinajstić information content (AvgIpc) is 2.61. The smallest absolute Gasteiger partial charge is 0.208 e. The van der Waals surface area contributed by atoms with Crippen LogP contribution in [-0.4, -0.2) is 4.40 Å². The maximum Gasteiger partial charge on any atom is 0.208 e. The van der Waals surface area contributed by atoms with Crippen LogP contribution in [0, 0.1) is 4.64 Å². The lowest BCUT2D eigenvalue weighted by molar-refractivity contribution is 0.486. The maximum absolute atomic E-state index is 5.93. The molecule has 0 bridgehead atoms. The molecule has 3 heteroatoms. The topological polar surface area (TPSA) is 17.6 Å². The molecule has 0 N–H and O–H groups in total. The van der Waals surface area contributed by atoms with Crippen LogP contribution in [0.4, 0.5) is 0 Å². The summed E-state index contributed by atoms with van der Waals surface area (Å²) in [5.74, 6) is 1.77. The Morgan fingerprint density at radius 1 is 1.19 bits per heavy atom. The highest BCUT2D eigenvalue weighted by molar-refractivity contribution is 7.71. The van der Waals surface area contributed by atoms with E-state index in [1.165, 1.54) is 5.56 Å². The van der Waals surface area contributed by atoms with Crippen LogP contribution in [0.2, 0.25) is 0 Å². The normalized spacial score (nSPS) is 11.9. The van der Waals surface area contributed by atoms with Gasteiger partial charge in [-0.05, 0) is 12.0 Å². The molecule has 2 aromatic heterocycles. The quantitative estimate of drug-likeness (QED) is 0.713. The van der Waals surface area contributed by atoms with Crippen LogP contribution >= 0.6 is 12.2 Å². The maximum atomic E-state index is 5.93. The largest absolute Gasteiger partial charge is 0.444 e. The van der Waals surface area contributed by atoms with Crippen molar-refractivity contribution in [1.29, 1.82) is 0 Å². The zero-order valence-corrected chi connectivity index (χ0v) is 11.0. The molecule has 0 aromatic carbocycles. The summed E-state index contributed by atoms with van der Waals surface area (Å²) in [4.78, 5) is 0. The van der Waals surface area contributed by atoms with Crippen LogP contribution in [0.3, 0.4) is 0 Å². The summed E-state index contributed by atoms with van der Waals surface area (Å²) in [6.45, 7) is 8.55. The number of hydrogen-bond acceptors (Lipinski definition) is 2. The SMILES string of the molecule is CC(C)c1cc(=S)n2ccc(C(C)C)c2o1. The standard InChI is InChI=1S/C13H17NOS/c1-8(2)10-5-6-14-12(16)7-11(9(3)4)15-13(10)14/h5-9H,1-4H3. The van der Waals surface area contributed by atoms with E-state index >= 15 is 0 Å². The Morgan fingerprint density at radius 3 is 2.44 bits per heavy atom. The molecular formula is C13H17NOS. The van der Waals surface area contributed by atoms with Gasteiger partial charge in [0.05, 0.1) is 0 Å². The number of hydrogen-bond donors (Lipinski definition) is 0. The van der Waals surface area contributed by atoms with Gasteiger partial charge in [0.2, 0.25) is 5.71 Å². The molecule has 0 aliphatic carbocycles. The van der Waals surface area contributed by atoms with E-state index in [2.05, 4.69) is 33.8 Å². The summed E-state index contributed by atoms with van der Waals surface area (Å²) in [6.07, 6.45) is 1.99. The molecule has 0 saturated heterocycles. The summed E-state index contributed by atoms with van der Waals surface area (Å²) in [5.41, 5.74) is 2.11. The van der Waals surface area contributed by atoms with Crippen LogP contribution in [0.15, 0.2) is 22.7 Å². The minimum atomic E-state index is 0.363. The van der Waals surface area contributed by atoms with Gasteiger partial charge in [0.15, 0.2) is 0 Å². The van der Waals surface area contributed by atoms with Crippen LogP contribution < -0.4 is 0 Å². The molecule has 0 saturated carbocycles. The van der Waals surface area contributed by atoms with E-state index in [4.69, 9.17) is 16.6 Å². The minimum absolute atomic E-state index is 0.363. The minimum Gasteiger partial charge on any atom is -0.444 e. The molecule has 2 nitrogen and oxygen atoms in total. The van der Waals surface area contributed by atoms with E-state index in [0.717, 1.165) is 16.1 Å². The molecule has 16 heavy (non-hydrogen) atoms. The lowest BCUT2D eigenvalue weighted by atomic mass is 10.1. The third kappa shape index (κ3) is 1.80. The van der Waals surface area contributed by atoms with Crippen molar-refractivity contribution in [2.45, 2.75) is 39.5 Å². The third-order valence-electron chi connectivity index (χ3n) is 2.78. The first-order valence-electron chi connectivity index (χ1n) is 5.65. The molecule has 2 heterocycles. The van der Waals surface area contributed by atoms with E-state index in [0.29, 0.717) is 11.8 Å². The molecule has 0 unspecified atom stereocenters. The Labute approximate surface area is 101 Å². The van der Waals surface area contributed by atoms with Gasteiger partial charge in [0, 0.05) is 23.7 Å². The van der Waals surface area contributed by atoms with Gasteiger partial charge in [0.25, 0.3) is 0 Å². The molecule has 0 amide bonds. The van der Waals surface area contributed by atoms with Crippen molar-refractivity contribution in [1.82, 2.24) is 4.40 Å². The van der Waals surface area contributed by atoms with Gasteiger partial charge in [-0.25, -0.2) is 0 Å².